The molecule has 0 aliphatic rings. The molecule has 1 aromatic heterocycles. The minimum absolute atomic E-state index is 0.837. The van der Waals surface area contributed by atoms with Gasteiger partial charge in [-0.25, -0.2) is 0 Å². The number of hydrogen-bond acceptors (Lipinski definition) is 1. The van der Waals surface area contributed by atoms with Gasteiger partial charge < -0.3 is 0 Å². The zero-order valence-corrected chi connectivity index (χ0v) is 8.39. The lowest BCUT2D eigenvalue weighted by Crippen LogP contribution is -1.83. The second kappa shape index (κ2) is 3.51. The van der Waals surface area contributed by atoms with E-state index in [9.17, 15) is 0 Å². The minimum atomic E-state index is 0.837. The van der Waals surface area contributed by atoms with Crippen molar-refractivity contribution in [2.24, 2.45) is 0 Å². The molecule has 9 heavy (non-hydrogen) atoms. The van der Waals surface area contributed by atoms with E-state index in [1.807, 2.05) is 12.3 Å². The van der Waals surface area contributed by atoms with Gasteiger partial charge >= 0.3 is 0 Å². The van der Waals surface area contributed by atoms with E-state index in [0.717, 1.165) is 11.0 Å². The Bertz CT molecular complexity index is 202. The fourth-order valence-corrected chi connectivity index (χ4v) is 1.35. The normalized spacial score (nSPS) is 9.56. The van der Waals surface area contributed by atoms with Crippen molar-refractivity contribution < 1.29 is 0 Å². The van der Waals surface area contributed by atoms with Crippen LogP contribution in [0, 0.1) is 3.57 Å². The zero-order chi connectivity index (χ0) is 6.69. The van der Waals surface area contributed by atoms with Crippen LogP contribution in [0.4, 0.5) is 0 Å². The second-order valence-electron chi connectivity index (χ2n) is 1.60. The van der Waals surface area contributed by atoms with E-state index >= 15 is 0 Å². The molecule has 1 aromatic rings. The minimum Gasteiger partial charge on any atom is -0.260 e. The van der Waals surface area contributed by atoms with E-state index in [-0.39, 0.29) is 0 Å². The molecule has 0 bridgehead atoms. The van der Waals surface area contributed by atoms with Crippen LogP contribution in [0.25, 0.3) is 0 Å². The molecular weight excluding hydrogens is 293 g/mol. The van der Waals surface area contributed by atoms with Gasteiger partial charge in [-0.3, -0.25) is 4.98 Å². The molecule has 0 amide bonds. The first-order chi connectivity index (χ1) is 4.33. The quantitative estimate of drug-likeness (QED) is 0.573. The van der Waals surface area contributed by atoms with Crippen molar-refractivity contribution in [2.75, 3.05) is 0 Å². The highest BCUT2D eigenvalue weighted by molar-refractivity contribution is 14.1. The average Bonchev–Trinajstić information content (AvgIpc) is 1.88. The van der Waals surface area contributed by atoms with Crippen molar-refractivity contribution in [3.8, 4) is 0 Å². The largest absolute Gasteiger partial charge is 0.260 e. The number of halogens is 2. The molecule has 0 spiro atoms. The summed E-state index contributed by atoms with van der Waals surface area (Å²) in [4.78, 5) is 4.11. The highest BCUT2D eigenvalue weighted by atomic mass is 127. The Hall–Kier alpha value is 0.360. The van der Waals surface area contributed by atoms with Crippen LogP contribution in [-0.2, 0) is 5.33 Å². The van der Waals surface area contributed by atoms with Crippen molar-refractivity contribution in [3.05, 3.63) is 27.6 Å². The van der Waals surface area contributed by atoms with Crippen LogP contribution in [0.15, 0.2) is 18.3 Å². The molecule has 0 saturated carbocycles. The average molecular weight is 298 g/mol. The summed E-state index contributed by atoms with van der Waals surface area (Å²) in [5.41, 5.74) is 1.09. The summed E-state index contributed by atoms with van der Waals surface area (Å²) in [6.07, 6.45) is 1.82. The molecule has 1 heterocycles. The number of pyridine rings is 1. The summed E-state index contributed by atoms with van der Waals surface area (Å²) in [6, 6.07) is 4.03. The fourth-order valence-electron chi connectivity index (χ4n) is 0.522. The molecule has 0 aliphatic carbocycles. The number of alkyl halides is 1. The van der Waals surface area contributed by atoms with Gasteiger partial charge in [0.15, 0.2) is 0 Å². The summed E-state index contributed by atoms with van der Waals surface area (Å²) in [6.45, 7) is 0. The number of aromatic nitrogens is 1. The van der Waals surface area contributed by atoms with Crippen molar-refractivity contribution in [2.45, 2.75) is 5.33 Å². The Morgan fingerprint density at radius 1 is 1.67 bits per heavy atom. The van der Waals surface area contributed by atoms with E-state index in [1.165, 1.54) is 3.57 Å². The predicted molar refractivity (Wildman–Crippen MR) is 49.6 cm³/mol. The maximum atomic E-state index is 4.11. The first kappa shape index (κ1) is 7.47. The van der Waals surface area contributed by atoms with Gasteiger partial charge in [-0.1, -0.05) is 15.9 Å². The van der Waals surface area contributed by atoms with Crippen molar-refractivity contribution in [3.63, 3.8) is 0 Å². The van der Waals surface area contributed by atoms with E-state index in [0.29, 0.717) is 0 Å². The lowest BCUT2D eigenvalue weighted by molar-refractivity contribution is 1.18. The first-order valence-electron chi connectivity index (χ1n) is 2.49. The molecule has 0 fully saturated rings. The summed E-state index contributed by atoms with van der Waals surface area (Å²) < 4.78 is 1.23. The Balaban J connectivity index is 2.94. The molecule has 48 valence electrons. The van der Waals surface area contributed by atoms with Crippen LogP contribution in [0.5, 0.6) is 0 Å². The molecule has 0 radical (unpaired) electrons. The van der Waals surface area contributed by atoms with Gasteiger partial charge in [-0.2, -0.15) is 0 Å². The van der Waals surface area contributed by atoms with E-state index in [1.54, 1.807) is 0 Å². The molecule has 0 N–H and O–H groups in total. The van der Waals surface area contributed by atoms with Gasteiger partial charge in [0, 0.05) is 15.1 Å². The number of nitrogens with zero attached hydrogens (tertiary/aromatic N) is 1. The third-order valence-electron chi connectivity index (χ3n) is 0.916. The topological polar surface area (TPSA) is 12.9 Å². The number of hydrogen-bond donors (Lipinski definition) is 0. The summed E-state index contributed by atoms with van der Waals surface area (Å²) in [7, 11) is 0. The zero-order valence-electron chi connectivity index (χ0n) is 4.64. The summed E-state index contributed by atoms with van der Waals surface area (Å²) in [5.74, 6) is 0. The van der Waals surface area contributed by atoms with Crippen molar-refractivity contribution >= 4 is 38.5 Å². The first-order valence-corrected chi connectivity index (χ1v) is 4.69. The van der Waals surface area contributed by atoms with Crippen LogP contribution in [0.1, 0.15) is 5.69 Å². The molecule has 0 atom stereocenters. The van der Waals surface area contributed by atoms with E-state index < -0.39 is 0 Å². The predicted octanol–water partition coefficient (Wildman–Crippen LogP) is 2.58. The van der Waals surface area contributed by atoms with Crippen molar-refractivity contribution in [1.29, 1.82) is 0 Å². The maximum absolute atomic E-state index is 4.11. The SMILES string of the molecule is BrCc1cc(I)ccn1. The lowest BCUT2D eigenvalue weighted by atomic mass is 10.4. The summed E-state index contributed by atoms with van der Waals surface area (Å²) in [5, 5.41) is 0.837. The van der Waals surface area contributed by atoms with Gasteiger partial charge in [0.1, 0.15) is 0 Å². The molecule has 0 aliphatic heterocycles. The summed E-state index contributed by atoms with van der Waals surface area (Å²) >= 11 is 5.59. The monoisotopic (exact) mass is 297 g/mol. The van der Waals surface area contributed by atoms with Crippen LogP contribution in [-0.4, -0.2) is 4.98 Å². The maximum Gasteiger partial charge on any atom is 0.0519 e. The number of rotatable bonds is 1. The third-order valence-corrected chi connectivity index (χ3v) is 2.16. The Morgan fingerprint density at radius 2 is 2.44 bits per heavy atom. The lowest BCUT2D eigenvalue weighted by Gasteiger charge is -1.92. The molecule has 3 heteroatoms. The Labute approximate surface area is 76.1 Å². The van der Waals surface area contributed by atoms with E-state index in [2.05, 4.69) is 49.6 Å². The van der Waals surface area contributed by atoms with E-state index in [4.69, 9.17) is 0 Å². The smallest absolute Gasteiger partial charge is 0.0519 e. The molecule has 0 unspecified atom stereocenters. The van der Waals surface area contributed by atoms with Gasteiger partial charge in [-0.05, 0) is 34.7 Å². The van der Waals surface area contributed by atoms with Crippen LogP contribution in [0.2, 0.25) is 0 Å². The third kappa shape index (κ3) is 2.21. The van der Waals surface area contributed by atoms with Crippen LogP contribution >= 0.6 is 38.5 Å². The molecule has 1 rings (SSSR count). The van der Waals surface area contributed by atoms with Crippen molar-refractivity contribution in [1.82, 2.24) is 4.98 Å². The highest BCUT2D eigenvalue weighted by Crippen LogP contribution is 2.06. The molecular formula is C6H5BrIN. The highest BCUT2D eigenvalue weighted by Gasteiger charge is 1.89. The van der Waals surface area contributed by atoms with Gasteiger partial charge in [0.25, 0.3) is 0 Å². The Kier molecular flexibility index (Phi) is 2.91. The fraction of sp³-hybridized carbons (Fsp3) is 0.167. The van der Waals surface area contributed by atoms with Gasteiger partial charge in [0.2, 0.25) is 0 Å². The molecule has 0 saturated heterocycles. The van der Waals surface area contributed by atoms with Crippen LogP contribution < -0.4 is 0 Å². The molecule has 1 nitrogen and oxygen atoms in total. The van der Waals surface area contributed by atoms with Gasteiger partial charge in [0.05, 0.1) is 5.69 Å². The second-order valence-corrected chi connectivity index (χ2v) is 3.41. The Morgan fingerprint density at radius 3 is 2.89 bits per heavy atom. The standard InChI is InChI=1S/C6H5BrIN/c7-4-6-3-5(8)1-2-9-6/h1-3H,4H2. The van der Waals surface area contributed by atoms with Gasteiger partial charge in [-0.15, -0.1) is 0 Å². The van der Waals surface area contributed by atoms with Crippen LogP contribution in [0.3, 0.4) is 0 Å². The molecule has 0 aromatic carbocycles.